The van der Waals surface area contributed by atoms with Crippen LogP contribution in [0.2, 0.25) is 0 Å². The van der Waals surface area contributed by atoms with Crippen LogP contribution in [0.4, 0.5) is 0 Å². The zero-order valence-electron chi connectivity index (χ0n) is 6.76. The Balaban J connectivity index is 2.24. The second-order valence-electron chi connectivity index (χ2n) is 2.90. The fourth-order valence-corrected chi connectivity index (χ4v) is 1.61. The van der Waals surface area contributed by atoms with Gasteiger partial charge >= 0.3 is 0 Å². The molecule has 1 amide bonds. The van der Waals surface area contributed by atoms with E-state index in [0.717, 1.165) is 17.9 Å². The Bertz CT molecular complexity index is 244. The first-order chi connectivity index (χ1) is 5.24. The molecule has 1 atom stereocenters. The minimum atomic E-state index is 0.0393. The van der Waals surface area contributed by atoms with E-state index in [2.05, 4.69) is 0 Å². The zero-order valence-corrected chi connectivity index (χ0v) is 6.76. The minimum Gasteiger partial charge on any atom is -0.472 e. The second-order valence-corrected chi connectivity index (χ2v) is 2.90. The lowest BCUT2D eigenvalue weighted by Gasteiger charge is -2.33. The summed E-state index contributed by atoms with van der Waals surface area (Å²) < 4.78 is 5.48. The van der Waals surface area contributed by atoms with Crippen molar-refractivity contribution in [2.24, 2.45) is 0 Å². The summed E-state index contributed by atoms with van der Waals surface area (Å²) >= 11 is 0. The molecule has 2 rings (SSSR count). The van der Waals surface area contributed by atoms with Gasteiger partial charge in [-0.05, 0) is 6.92 Å². The zero-order chi connectivity index (χ0) is 8.01. The lowest BCUT2D eigenvalue weighted by atomic mass is 10.1. The highest BCUT2D eigenvalue weighted by atomic mass is 16.5. The molecule has 0 spiro atoms. The molecule has 1 fully saturated rings. The molecule has 1 saturated heterocycles. The number of rotatable bonds is 1. The summed E-state index contributed by atoms with van der Waals surface area (Å²) in [5.74, 6) is 1.16. The first kappa shape index (κ1) is 6.70. The summed E-state index contributed by atoms with van der Waals surface area (Å²) in [5.41, 5.74) is 1.01. The van der Waals surface area contributed by atoms with Gasteiger partial charge in [-0.2, -0.15) is 0 Å². The quantitative estimate of drug-likeness (QED) is 0.530. The molecule has 0 bridgehead atoms. The molecule has 0 radical (unpaired) electrons. The van der Waals surface area contributed by atoms with E-state index >= 15 is 0 Å². The number of amides is 1. The van der Waals surface area contributed by atoms with Gasteiger partial charge in [0.1, 0.15) is 5.76 Å². The van der Waals surface area contributed by atoms with Crippen molar-refractivity contribution in [3.8, 4) is 0 Å². The van der Waals surface area contributed by atoms with Crippen molar-refractivity contribution in [2.75, 3.05) is 0 Å². The number of carbonyl (C=O) groups excluding carboxylic acids is 1. The molecule has 0 unspecified atom stereocenters. The van der Waals surface area contributed by atoms with Crippen molar-refractivity contribution in [3.05, 3.63) is 11.5 Å². The van der Waals surface area contributed by atoms with Crippen LogP contribution in [0.1, 0.15) is 26.7 Å². The molecule has 0 aromatic heterocycles. The Morgan fingerprint density at radius 3 is 2.91 bits per heavy atom. The van der Waals surface area contributed by atoms with E-state index in [0.29, 0.717) is 6.42 Å². The van der Waals surface area contributed by atoms with E-state index in [1.165, 1.54) is 0 Å². The average molecular weight is 153 g/mol. The summed E-state index contributed by atoms with van der Waals surface area (Å²) in [5, 5.41) is 0. The van der Waals surface area contributed by atoms with Gasteiger partial charge in [0.2, 0.25) is 5.91 Å². The van der Waals surface area contributed by atoms with Gasteiger partial charge in [-0.15, -0.1) is 0 Å². The molecule has 0 N–H and O–H groups in total. The average Bonchev–Trinajstić information content (AvgIpc) is 2.20. The Morgan fingerprint density at radius 1 is 1.73 bits per heavy atom. The molecule has 0 aromatic carbocycles. The van der Waals surface area contributed by atoms with Gasteiger partial charge in [-0.1, -0.05) is 6.92 Å². The standard InChI is InChI=1S/C8H11NO2/c1-3-6-5(2)9-7(10)4-8(9)11-6/h8H,3-4H2,1-2H3/t8-/m0/s1. The SMILES string of the molecule is CCC1=C(C)N2C(=O)C[C@@H]2O1. The van der Waals surface area contributed by atoms with Crippen LogP contribution in [-0.4, -0.2) is 17.0 Å². The summed E-state index contributed by atoms with van der Waals surface area (Å²) in [4.78, 5) is 12.7. The van der Waals surface area contributed by atoms with Crippen LogP contribution in [0.5, 0.6) is 0 Å². The molecule has 0 saturated carbocycles. The highest BCUT2D eigenvalue weighted by Crippen LogP contribution is 2.36. The maximum atomic E-state index is 11.0. The maximum absolute atomic E-state index is 11.0. The number of fused-ring (bicyclic) bond motifs is 1. The largest absolute Gasteiger partial charge is 0.472 e. The minimum absolute atomic E-state index is 0.0393. The molecule has 0 aromatic rings. The van der Waals surface area contributed by atoms with E-state index in [-0.39, 0.29) is 12.1 Å². The monoisotopic (exact) mass is 153 g/mol. The molecule has 3 heteroatoms. The number of nitrogens with zero attached hydrogens (tertiary/aromatic N) is 1. The van der Waals surface area contributed by atoms with E-state index < -0.39 is 0 Å². The van der Waals surface area contributed by atoms with Gasteiger partial charge in [0.15, 0.2) is 6.23 Å². The van der Waals surface area contributed by atoms with Crippen LogP contribution < -0.4 is 0 Å². The summed E-state index contributed by atoms with van der Waals surface area (Å²) in [6.45, 7) is 3.98. The highest BCUT2D eigenvalue weighted by molar-refractivity contribution is 5.85. The van der Waals surface area contributed by atoms with E-state index in [9.17, 15) is 4.79 Å². The molecular weight excluding hydrogens is 142 g/mol. The lowest BCUT2D eigenvalue weighted by Crippen LogP contribution is -2.48. The van der Waals surface area contributed by atoms with Crippen molar-refractivity contribution in [3.63, 3.8) is 0 Å². The van der Waals surface area contributed by atoms with Crippen LogP contribution in [0.15, 0.2) is 11.5 Å². The normalized spacial score (nSPS) is 28.4. The first-order valence-corrected chi connectivity index (χ1v) is 3.92. The van der Waals surface area contributed by atoms with Crippen molar-refractivity contribution in [1.29, 1.82) is 0 Å². The summed E-state index contributed by atoms with van der Waals surface area (Å²) in [6, 6.07) is 0. The Hall–Kier alpha value is -0.990. The fraction of sp³-hybridized carbons (Fsp3) is 0.625. The molecule has 2 heterocycles. The topological polar surface area (TPSA) is 29.5 Å². The van der Waals surface area contributed by atoms with Crippen molar-refractivity contribution >= 4 is 5.91 Å². The van der Waals surface area contributed by atoms with Crippen LogP contribution in [0, 0.1) is 0 Å². The van der Waals surface area contributed by atoms with Gasteiger partial charge < -0.3 is 4.74 Å². The highest BCUT2D eigenvalue weighted by Gasteiger charge is 2.44. The van der Waals surface area contributed by atoms with Crippen LogP contribution in [0.3, 0.4) is 0 Å². The summed E-state index contributed by atoms with van der Waals surface area (Å²) in [6.07, 6.45) is 1.48. The summed E-state index contributed by atoms with van der Waals surface area (Å²) in [7, 11) is 0. The second kappa shape index (κ2) is 2.00. The predicted molar refractivity (Wildman–Crippen MR) is 39.3 cm³/mol. The van der Waals surface area contributed by atoms with Gasteiger partial charge in [0, 0.05) is 6.42 Å². The van der Waals surface area contributed by atoms with Crippen molar-refractivity contribution < 1.29 is 9.53 Å². The number of allylic oxidation sites excluding steroid dienone is 2. The predicted octanol–water partition coefficient (Wildman–Crippen LogP) is 1.22. The molecule has 0 aliphatic carbocycles. The molecule has 60 valence electrons. The van der Waals surface area contributed by atoms with Gasteiger partial charge in [0.05, 0.1) is 12.1 Å². The Kier molecular flexibility index (Phi) is 1.22. The first-order valence-electron chi connectivity index (χ1n) is 3.92. The number of hydrogen-bond donors (Lipinski definition) is 0. The van der Waals surface area contributed by atoms with Crippen LogP contribution in [0.25, 0.3) is 0 Å². The molecule has 2 aliphatic heterocycles. The molecular formula is C8H11NO2. The Morgan fingerprint density at radius 2 is 2.45 bits per heavy atom. The molecule has 11 heavy (non-hydrogen) atoms. The van der Waals surface area contributed by atoms with Gasteiger partial charge in [-0.3, -0.25) is 9.69 Å². The number of β-lactam (4-membered cyclic amide) rings is 1. The fourth-order valence-electron chi connectivity index (χ4n) is 1.61. The lowest BCUT2D eigenvalue weighted by molar-refractivity contribution is -0.154. The third-order valence-electron chi connectivity index (χ3n) is 2.27. The van der Waals surface area contributed by atoms with Gasteiger partial charge in [0.25, 0.3) is 0 Å². The number of ether oxygens (including phenoxy) is 1. The maximum Gasteiger partial charge on any atom is 0.235 e. The van der Waals surface area contributed by atoms with E-state index in [1.807, 2.05) is 13.8 Å². The van der Waals surface area contributed by atoms with E-state index in [1.54, 1.807) is 4.90 Å². The number of hydrogen-bond acceptors (Lipinski definition) is 2. The molecule has 2 aliphatic rings. The Labute approximate surface area is 65.6 Å². The van der Waals surface area contributed by atoms with Gasteiger partial charge in [-0.25, -0.2) is 0 Å². The molecule has 3 nitrogen and oxygen atoms in total. The third-order valence-corrected chi connectivity index (χ3v) is 2.27. The smallest absolute Gasteiger partial charge is 0.235 e. The van der Waals surface area contributed by atoms with Crippen LogP contribution in [-0.2, 0) is 9.53 Å². The van der Waals surface area contributed by atoms with E-state index in [4.69, 9.17) is 4.74 Å². The number of carbonyl (C=O) groups is 1. The van der Waals surface area contributed by atoms with Crippen LogP contribution >= 0.6 is 0 Å². The van der Waals surface area contributed by atoms with Crippen molar-refractivity contribution in [2.45, 2.75) is 32.9 Å². The van der Waals surface area contributed by atoms with Crippen molar-refractivity contribution in [1.82, 2.24) is 4.90 Å². The third kappa shape index (κ3) is 0.708.